The molecule has 0 unspecified atom stereocenters. The molecule has 1 aromatic carbocycles. The Labute approximate surface area is 160 Å². The maximum atomic E-state index is 11.8. The number of carbonyl (C=O) groups excluding carboxylic acids is 1. The predicted molar refractivity (Wildman–Crippen MR) is 108 cm³/mol. The molecule has 2 heterocycles. The van der Waals surface area contributed by atoms with Crippen molar-refractivity contribution in [2.75, 3.05) is 48.4 Å². The molecule has 0 saturated carbocycles. The number of nitrogens with one attached hydrogen (secondary N) is 1. The molecule has 1 aliphatic rings. The number of aromatic nitrogens is 2. The maximum absolute atomic E-state index is 11.8. The number of nitrogens with zero attached hydrogens (tertiary/aromatic N) is 4. The Bertz CT molecular complexity index is 738. The molecule has 1 fully saturated rings. The Morgan fingerprint density at radius 1 is 1.04 bits per heavy atom. The van der Waals surface area contributed by atoms with E-state index in [0.717, 1.165) is 37.7 Å². The number of carbonyl (C=O) groups is 1. The molecular formula is C20H27N5O2. The molecule has 1 N–H and O–H groups in total. The highest BCUT2D eigenvalue weighted by Gasteiger charge is 2.19. The second-order valence-corrected chi connectivity index (χ2v) is 7.10. The SMILES string of the molecule is COc1ccc(N2CCN(c3ccc(NC(=O)CC(C)C)nn3)CC2)cc1. The average molecular weight is 369 g/mol. The Morgan fingerprint density at radius 2 is 1.70 bits per heavy atom. The largest absolute Gasteiger partial charge is 0.497 e. The predicted octanol–water partition coefficient (Wildman–Crippen LogP) is 2.80. The van der Waals surface area contributed by atoms with Gasteiger partial charge in [-0.3, -0.25) is 4.79 Å². The third-order valence-corrected chi connectivity index (χ3v) is 4.55. The van der Waals surface area contributed by atoms with E-state index in [1.807, 2.05) is 38.1 Å². The summed E-state index contributed by atoms with van der Waals surface area (Å²) in [7, 11) is 1.68. The number of amides is 1. The summed E-state index contributed by atoms with van der Waals surface area (Å²) >= 11 is 0. The molecule has 0 atom stereocenters. The second kappa shape index (κ2) is 8.70. The van der Waals surface area contributed by atoms with Crippen molar-refractivity contribution in [3.05, 3.63) is 36.4 Å². The molecule has 7 nitrogen and oxygen atoms in total. The zero-order valence-electron chi connectivity index (χ0n) is 16.2. The van der Waals surface area contributed by atoms with Gasteiger partial charge in [-0.2, -0.15) is 0 Å². The van der Waals surface area contributed by atoms with Gasteiger partial charge in [-0.15, -0.1) is 10.2 Å². The van der Waals surface area contributed by atoms with Gasteiger partial charge in [0.2, 0.25) is 5.91 Å². The van der Waals surface area contributed by atoms with Crippen molar-refractivity contribution in [1.82, 2.24) is 10.2 Å². The van der Waals surface area contributed by atoms with Crippen molar-refractivity contribution < 1.29 is 9.53 Å². The van der Waals surface area contributed by atoms with Crippen LogP contribution in [-0.2, 0) is 4.79 Å². The molecule has 2 aromatic rings. The molecule has 1 amide bonds. The van der Waals surface area contributed by atoms with E-state index in [0.29, 0.717) is 18.2 Å². The fourth-order valence-corrected chi connectivity index (χ4v) is 3.11. The molecule has 0 radical (unpaired) electrons. The van der Waals surface area contributed by atoms with Crippen LogP contribution in [0.15, 0.2) is 36.4 Å². The summed E-state index contributed by atoms with van der Waals surface area (Å²) in [4.78, 5) is 16.4. The molecule has 1 aliphatic heterocycles. The van der Waals surface area contributed by atoms with Gasteiger partial charge < -0.3 is 19.9 Å². The summed E-state index contributed by atoms with van der Waals surface area (Å²) in [6.07, 6.45) is 0.483. The first-order valence-electron chi connectivity index (χ1n) is 9.32. The van der Waals surface area contributed by atoms with Gasteiger partial charge in [0, 0.05) is 38.3 Å². The van der Waals surface area contributed by atoms with Crippen LogP contribution >= 0.6 is 0 Å². The summed E-state index contributed by atoms with van der Waals surface area (Å²) < 4.78 is 5.22. The number of rotatable bonds is 6. The zero-order valence-corrected chi connectivity index (χ0v) is 16.2. The third kappa shape index (κ3) is 5.09. The molecular weight excluding hydrogens is 342 g/mol. The fourth-order valence-electron chi connectivity index (χ4n) is 3.11. The van der Waals surface area contributed by atoms with E-state index in [4.69, 9.17) is 4.74 Å². The minimum atomic E-state index is -0.0276. The lowest BCUT2D eigenvalue weighted by molar-refractivity contribution is -0.116. The van der Waals surface area contributed by atoms with Crippen LogP contribution in [0.1, 0.15) is 20.3 Å². The first kappa shape index (κ1) is 18.9. The Kier molecular flexibility index (Phi) is 6.11. The van der Waals surface area contributed by atoms with Crippen LogP contribution in [0, 0.1) is 5.92 Å². The van der Waals surface area contributed by atoms with Gasteiger partial charge in [0.1, 0.15) is 5.75 Å². The van der Waals surface area contributed by atoms with E-state index in [1.165, 1.54) is 5.69 Å². The van der Waals surface area contributed by atoms with Crippen molar-refractivity contribution in [1.29, 1.82) is 0 Å². The Hall–Kier alpha value is -2.83. The van der Waals surface area contributed by atoms with Crippen LogP contribution in [0.5, 0.6) is 5.75 Å². The molecule has 3 rings (SSSR count). The van der Waals surface area contributed by atoms with Crippen LogP contribution in [0.2, 0.25) is 0 Å². The topological polar surface area (TPSA) is 70.6 Å². The van der Waals surface area contributed by atoms with Crippen molar-refractivity contribution >= 4 is 23.2 Å². The van der Waals surface area contributed by atoms with Crippen molar-refractivity contribution in [3.63, 3.8) is 0 Å². The molecule has 27 heavy (non-hydrogen) atoms. The molecule has 0 aliphatic carbocycles. The van der Waals surface area contributed by atoms with Gasteiger partial charge in [0.15, 0.2) is 11.6 Å². The quantitative estimate of drug-likeness (QED) is 0.844. The zero-order chi connectivity index (χ0) is 19.2. The normalized spacial score (nSPS) is 14.4. The fraction of sp³-hybridized carbons (Fsp3) is 0.450. The highest BCUT2D eigenvalue weighted by molar-refractivity contribution is 5.89. The Balaban J connectivity index is 1.53. The van der Waals surface area contributed by atoms with Crippen LogP contribution in [0.25, 0.3) is 0 Å². The average Bonchev–Trinajstić information content (AvgIpc) is 2.68. The van der Waals surface area contributed by atoms with Crippen LogP contribution in [0.3, 0.4) is 0 Å². The number of piperazine rings is 1. The summed E-state index contributed by atoms with van der Waals surface area (Å²) in [5.41, 5.74) is 1.20. The highest BCUT2D eigenvalue weighted by atomic mass is 16.5. The molecule has 1 saturated heterocycles. The number of anilines is 3. The van der Waals surface area contributed by atoms with Gasteiger partial charge >= 0.3 is 0 Å². The summed E-state index contributed by atoms with van der Waals surface area (Å²) in [6.45, 7) is 7.61. The van der Waals surface area contributed by atoms with Crippen molar-refractivity contribution in [2.45, 2.75) is 20.3 Å². The summed E-state index contributed by atoms with van der Waals surface area (Å²) in [5.74, 6) is 2.50. The molecule has 7 heteroatoms. The van der Waals surface area contributed by atoms with Crippen LogP contribution in [-0.4, -0.2) is 49.4 Å². The first-order chi connectivity index (χ1) is 13.0. The van der Waals surface area contributed by atoms with Gasteiger partial charge in [-0.1, -0.05) is 13.8 Å². The standard InChI is InChI=1S/C20H27N5O2/c1-15(2)14-20(26)21-18-8-9-19(23-22-18)25-12-10-24(11-13-25)16-4-6-17(27-3)7-5-16/h4-9,15H,10-14H2,1-3H3,(H,21,22,26). The second-order valence-electron chi connectivity index (χ2n) is 7.10. The molecule has 1 aromatic heterocycles. The summed E-state index contributed by atoms with van der Waals surface area (Å²) in [5, 5.41) is 11.2. The number of ether oxygens (including phenoxy) is 1. The van der Waals surface area contributed by atoms with Crippen molar-refractivity contribution in [2.24, 2.45) is 5.92 Å². The van der Waals surface area contributed by atoms with Crippen molar-refractivity contribution in [3.8, 4) is 5.75 Å². The summed E-state index contributed by atoms with van der Waals surface area (Å²) in [6, 6.07) is 11.9. The number of hydrogen-bond acceptors (Lipinski definition) is 6. The van der Waals surface area contributed by atoms with Crippen LogP contribution in [0.4, 0.5) is 17.3 Å². The molecule has 144 valence electrons. The lowest BCUT2D eigenvalue weighted by Crippen LogP contribution is -2.46. The molecule has 0 bridgehead atoms. The van der Waals surface area contributed by atoms with E-state index in [-0.39, 0.29) is 5.91 Å². The highest BCUT2D eigenvalue weighted by Crippen LogP contribution is 2.22. The van der Waals surface area contributed by atoms with Crippen LogP contribution < -0.4 is 19.9 Å². The van der Waals surface area contributed by atoms with E-state index in [1.54, 1.807) is 7.11 Å². The van der Waals surface area contributed by atoms with Gasteiger partial charge in [0.25, 0.3) is 0 Å². The van der Waals surface area contributed by atoms with E-state index < -0.39 is 0 Å². The number of benzene rings is 1. The van der Waals surface area contributed by atoms with E-state index in [9.17, 15) is 4.79 Å². The minimum absolute atomic E-state index is 0.0276. The Morgan fingerprint density at radius 3 is 2.26 bits per heavy atom. The number of hydrogen-bond donors (Lipinski definition) is 1. The van der Waals surface area contributed by atoms with Gasteiger partial charge in [-0.05, 0) is 42.3 Å². The van der Waals surface area contributed by atoms with E-state index >= 15 is 0 Å². The third-order valence-electron chi connectivity index (χ3n) is 4.55. The minimum Gasteiger partial charge on any atom is -0.497 e. The van der Waals surface area contributed by atoms with Gasteiger partial charge in [-0.25, -0.2) is 0 Å². The lowest BCUT2D eigenvalue weighted by Gasteiger charge is -2.36. The monoisotopic (exact) mass is 369 g/mol. The molecule has 0 spiro atoms. The first-order valence-corrected chi connectivity index (χ1v) is 9.32. The maximum Gasteiger partial charge on any atom is 0.225 e. The lowest BCUT2D eigenvalue weighted by atomic mass is 10.1. The number of methoxy groups -OCH3 is 1. The van der Waals surface area contributed by atoms with E-state index in [2.05, 4.69) is 37.4 Å². The van der Waals surface area contributed by atoms with Gasteiger partial charge in [0.05, 0.1) is 7.11 Å². The smallest absolute Gasteiger partial charge is 0.225 e.